The minimum atomic E-state index is -0.00557. The van der Waals surface area contributed by atoms with Gasteiger partial charge in [0.15, 0.2) is 0 Å². The molecule has 1 fully saturated rings. The van der Waals surface area contributed by atoms with Crippen molar-refractivity contribution in [3.63, 3.8) is 0 Å². The predicted octanol–water partition coefficient (Wildman–Crippen LogP) is 1.93. The van der Waals surface area contributed by atoms with Gasteiger partial charge in [0, 0.05) is 62.2 Å². The number of rotatable bonds is 4. The summed E-state index contributed by atoms with van der Waals surface area (Å²) < 4.78 is 4.93. The Kier molecular flexibility index (Phi) is 4.42. The number of fused-ring (bicyclic) bond motifs is 1. The highest BCUT2D eigenvalue weighted by molar-refractivity contribution is 6.07. The lowest BCUT2D eigenvalue weighted by atomic mass is 9.82. The molecule has 4 rings (SSSR count). The number of methoxy groups -OCH3 is 1. The molecule has 0 bridgehead atoms. The van der Waals surface area contributed by atoms with Crippen LogP contribution in [0.5, 0.6) is 0 Å². The van der Waals surface area contributed by atoms with Crippen LogP contribution in [-0.2, 0) is 9.53 Å². The van der Waals surface area contributed by atoms with Gasteiger partial charge in [0.05, 0.1) is 0 Å². The van der Waals surface area contributed by atoms with Gasteiger partial charge in [-0.1, -0.05) is 18.2 Å². The van der Waals surface area contributed by atoms with Gasteiger partial charge in [-0.3, -0.25) is 14.6 Å². The third-order valence-electron chi connectivity index (χ3n) is 5.28. The van der Waals surface area contributed by atoms with Crippen LogP contribution in [0, 0.1) is 5.92 Å². The lowest BCUT2D eigenvalue weighted by Gasteiger charge is -2.42. The van der Waals surface area contributed by atoms with E-state index in [2.05, 4.69) is 11.1 Å². The first-order valence-corrected chi connectivity index (χ1v) is 8.76. The lowest BCUT2D eigenvalue weighted by Crippen LogP contribution is -2.53. The molecule has 3 heterocycles. The number of hydrogen-bond donors (Lipinski definition) is 0. The molecule has 1 atom stereocenters. The fourth-order valence-corrected chi connectivity index (χ4v) is 3.87. The lowest BCUT2D eigenvalue weighted by molar-refractivity contribution is -0.142. The number of benzene rings is 1. The van der Waals surface area contributed by atoms with Crippen LogP contribution >= 0.6 is 0 Å². The first-order valence-electron chi connectivity index (χ1n) is 8.76. The molecule has 0 unspecified atom stereocenters. The van der Waals surface area contributed by atoms with Gasteiger partial charge < -0.3 is 14.5 Å². The van der Waals surface area contributed by atoms with Crippen molar-refractivity contribution in [3.8, 4) is 0 Å². The van der Waals surface area contributed by atoms with Gasteiger partial charge in [0.2, 0.25) is 5.91 Å². The van der Waals surface area contributed by atoms with Crippen molar-refractivity contribution in [2.75, 3.05) is 38.3 Å². The van der Waals surface area contributed by atoms with E-state index < -0.39 is 0 Å². The minimum Gasteiger partial charge on any atom is -0.375 e. The number of ether oxygens (including phenoxy) is 1. The fourth-order valence-electron chi connectivity index (χ4n) is 3.87. The second-order valence-electron chi connectivity index (χ2n) is 6.81. The molecule has 2 aromatic rings. The van der Waals surface area contributed by atoms with E-state index in [1.165, 1.54) is 12.7 Å². The zero-order valence-electron chi connectivity index (χ0n) is 14.7. The van der Waals surface area contributed by atoms with Crippen LogP contribution in [0.3, 0.4) is 0 Å². The van der Waals surface area contributed by atoms with E-state index in [1.807, 2.05) is 28.0 Å². The second kappa shape index (κ2) is 6.88. The average molecular weight is 351 g/mol. The number of aromatic nitrogens is 1. The van der Waals surface area contributed by atoms with E-state index >= 15 is 0 Å². The summed E-state index contributed by atoms with van der Waals surface area (Å²) in [4.78, 5) is 32.5. The Labute approximate surface area is 152 Å². The molecular formula is C20H21N3O3. The summed E-state index contributed by atoms with van der Waals surface area (Å²) in [7, 11) is 1.53. The maximum absolute atomic E-state index is 13.0. The molecule has 2 aliphatic rings. The summed E-state index contributed by atoms with van der Waals surface area (Å²) >= 11 is 0. The topological polar surface area (TPSA) is 62.7 Å². The second-order valence-corrected chi connectivity index (χ2v) is 6.81. The van der Waals surface area contributed by atoms with Crippen molar-refractivity contribution in [2.45, 2.75) is 5.92 Å². The van der Waals surface area contributed by atoms with E-state index in [-0.39, 0.29) is 24.3 Å². The third kappa shape index (κ3) is 2.86. The van der Waals surface area contributed by atoms with Crippen molar-refractivity contribution in [1.29, 1.82) is 0 Å². The number of hydrogen-bond acceptors (Lipinski definition) is 4. The van der Waals surface area contributed by atoms with Gasteiger partial charge in [-0.05, 0) is 23.8 Å². The largest absolute Gasteiger partial charge is 0.375 e. The highest BCUT2D eigenvalue weighted by Crippen LogP contribution is 2.43. The molecule has 0 radical (unpaired) electrons. The SMILES string of the molecule is COCC(=O)N1CC([C@@H]2CN(C(=O)c3ccncc3)c3ccccc32)C1. The normalized spacial score (nSPS) is 19.2. The Morgan fingerprint density at radius 2 is 1.85 bits per heavy atom. The van der Waals surface area contributed by atoms with Crippen LogP contribution in [0.4, 0.5) is 5.69 Å². The summed E-state index contributed by atoms with van der Waals surface area (Å²) in [5.41, 5.74) is 2.81. The average Bonchev–Trinajstić information content (AvgIpc) is 3.00. The van der Waals surface area contributed by atoms with E-state index in [1.54, 1.807) is 24.5 Å². The first kappa shape index (κ1) is 16.7. The molecule has 0 saturated carbocycles. The van der Waals surface area contributed by atoms with Gasteiger partial charge in [0.1, 0.15) is 6.61 Å². The number of para-hydroxylation sites is 1. The molecule has 2 amide bonds. The zero-order valence-corrected chi connectivity index (χ0v) is 14.7. The van der Waals surface area contributed by atoms with Gasteiger partial charge in [-0.25, -0.2) is 0 Å². The summed E-state index contributed by atoms with van der Waals surface area (Å²) in [6.45, 7) is 2.22. The molecule has 134 valence electrons. The van der Waals surface area contributed by atoms with Crippen LogP contribution in [0.1, 0.15) is 21.8 Å². The quantitative estimate of drug-likeness (QED) is 0.844. The Hall–Kier alpha value is -2.73. The highest BCUT2D eigenvalue weighted by Gasteiger charge is 2.42. The van der Waals surface area contributed by atoms with Crippen LogP contribution in [0.2, 0.25) is 0 Å². The molecule has 1 saturated heterocycles. The Bertz CT molecular complexity index is 818. The maximum Gasteiger partial charge on any atom is 0.258 e. The van der Waals surface area contributed by atoms with Crippen molar-refractivity contribution in [1.82, 2.24) is 9.88 Å². The molecule has 1 aromatic carbocycles. The Morgan fingerprint density at radius 1 is 1.12 bits per heavy atom. The Balaban J connectivity index is 1.53. The molecule has 6 heteroatoms. The van der Waals surface area contributed by atoms with Crippen LogP contribution in [0.15, 0.2) is 48.8 Å². The molecule has 0 N–H and O–H groups in total. The number of amides is 2. The number of anilines is 1. The first-order chi connectivity index (χ1) is 12.7. The molecule has 2 aliphatic heterocycles. The van der Waals surface area contributed by atoms with Gasteiger partial charge >= 0.3 is 0 Å². The number of carbonyl (C=O) groups is 2. The van der Waals surface area contributed by atoms with Crippen molar-refractivity contribution in [3.05, 3.63) is 59.9 Å². The van der Waals surface area contributed by atoms with Crippen molar-refractivity contribution < 1.29 is 14.3 Å². The molecule has 26 heavy (non-hydrogen) atoms. The number of likely N-dealkylation sites (tertiary alicyclic amines) is 1. The fraction of sp³-hybridized carbons (Fsp3) is 0.350. The smallest absolute Gasteiger partial charge is 0.258 e. The van der Waals surface area contributed by atoms with Crippen LogP contribution in [0.25, 0.3) is 0 Å². The van der Waals surface area contributed by atoms with Gasteiger partial charge in [0.25, 0.3) is 5.91 Å². The van der Waals surface area contributed by atoms with Crippen LogP contribution < -0.4 is 4.90 Å². The third-order valence-corrected chi connectivity index (χ3v) is 5.28. The summed E-state index contributed by atoms with van der Waals surface area (Å²) in [5, 5.41) is 0. The summed E-state index contributed by atoms with van der Waals surface area (Å²) in [6.07, 6.45) is 3.27. The number of nitrogens with zero attached hydrogens (tertiary/aromatic N) is 3. The standard InChI is InChI=1S/C20H21N3O3/c1-26-13-19(24)22-10-15(11-22)17-12-23(18-5-3-2-4-16(17)18)20(25)14-6-8-21-9-7-14/h2-9,15,17H,10-13H2,1H3/t17-/m0/s1. The molecule has 0 spiro atoms. The van der Waals surface area contributed by atoms with E-state index in [9.17, 15) is 9.59 Å². The minimum absolute atomic E-state index is 0.00557. The van der Waals surface area contributed by atoms with Crippen molar-refractivity contribution in [2.24, 2.45) is 5.92 Å². The predicted molar refractivity (Wildman–Crippen MR) is 97.0 cm³/mol. The van der Waals surface area contributed by atoms with Crippen molar-refractivity contribution >= 4 is 17.5 Å². The van der Waals surface area contributed by atoms with E-state index in [0.29, 0.717) is 18.0 Å². The van der Waals surface area contributed by atoms with Crippen LogP contribution in [-0.4, -0.2) is 55.0 Å². The van der Waals surface area contributed by atoms with Gasteiger partial charge in [-0.2, -0.15) is 0 Å². The summed E-state index contributed by atoms with van der Waals surface area (Å²) in [6, 6.07) is 11.6. The molecule has 1 aromatic heterocycles. The Morgan fingerprint density at radius 3 is 2.58 bits per heavy atom. The zero-order chi connectivity index (χ0) is 18.1. The molecular weight excluding hydrogens is 330 g/mol. The number of carbonyl (C=O) groups excluding carboxylic acids is 2. The van der Waals surface area contributed by atoms with E-state index in [4.69, 9.17) is 4.74 Å². The molecule has 6 nitrogen and oxygen atoms in total. The highest BCUT2D eigenvalue weighted by atomic mass is 16.5. The van der Waals surface area contributed by atoms with E-state index in [0.717, 1.165) is 18.8 Å². The monoisotopic (exact) mass is 351 g/mol. The number of pyridine rings is 1. The van der Waals surface area contributed by atoms with Gasteiger partial charge in [-0.15, -0.1) is 0 Å². The summed E-state index contributed by atoms with van der Waals surface area (Å²) in [5.74, 6) is 0.643. The maximum atomic E-state index is 13.0. The molecule has 0 aliphatic carbocycles.